The molecule has 0 N–H and O–H groups in total. The van der Waals surface area contributed by atoms with E-state index in [9.17, 15) is 0 Å². The lowest BCUT2D eigenvalue weighted by Crippen LogP contribution is -2.24. The second-order valence-electron chi connectivity index (χ2n) is 6.09. The molecule has 0 radical (unpaired) electrons. The smallest absolute Gasteiger partial charge is 0.0329 e. The third-order valence-corrected chi connectivity index (χ3v) is 4.13. The van der Waals surface area contributed by atoms with Crippen molar-refractivity contribution in [3.05, 3.63) is 0 Å². The van der Waals surface area contributed by atoms with Crippen LogP contribution in [0.15, 0.2) is 0 Å². The van der Waals surface area contributed by atoms with Gasteiger partial charge in [-0.05, 0) is 29.6 Å². The Hall–Kier alpha value is 0. The molecule has 0 fully saturated rings. The molecule has 0 spiro atoms. The minimum absolute atomic E-state index is 0.501. The molecule has 0 amide bonds. The van der Waals surface area contributed by atoms with E-state index in [1.54, 1.807) is 0 Å². The van der Waals surface area contributed by atoms with Gasteiger partial charge in [-0.3, -0.25) is 0 Å². The Morgan fingerprint density at radius 2 is 1.43 bits per heavy atom. The summed E-state index contributed by atoms with van der Waals surface area (Å²) < 4.78 is 0. The van der Waals surface area contributed by atoms with Crippen LogP contribution in [0.25, 0.3) is 0 Å². The van der Waals surface area contributed by atoms with Gasteiger partial charge in [0.05, 0.1) is 0 Å². The van der Waals surface area contributed by atoms with Crippen molar-refractivity contribution in [1.29, 1.82) is 0 Å². The van der Waals surface area contributed by atoms with E-state index in [1.807, 2.05) is 0 Å². The number of rotatable bonds is 6. The predicted octanol–water partition coefficient (Wildman–Crippen LogP) is 5.13. The fourth-order valence-electron chi connectivity index (χ4n) is 2.01. The summed E-state index contributed by atoms with van der Waals surface area (Å²) >= 11 is 0. The maximum Gasteiger partial charge on any atom is -0.0329 e. The van der Waals surface area contributed by atoms with Crippen molar-refractivity contribution in [2.24, 2.45) is 23.2 Å². The maximum atomic E-state index is 2.42. The first-order chi connectivity index (χ1) is 6.31. The SMILES string of the molecule is CCCC(C)C(C)CC(C)(C)C(C)C. The summed E-state index contributed by atoms with van der Waals surface area (Å²) in [5.41, 5.74) is 0.501. The van der Waals surface area contributed by atoms with Crippen LogP contribution < -0.4 is 0 Å². The topological polar surface area (TPSA) is 0 Å². The molecule has 0 aliphatic heterocycles. The summed E-state index contributed by atoms with van der Waals surface area (Å²) in [6.45, 7) is 16.6. The Bertz CT molecular complexity index is 144. The predicted molar refractivity (Wildman–Crippen MR) is 66.5 cm³/mol. The highest BCUT2D eigenvalue weighted by Crippen LogP contribution is 2.36. The Balaban J connectivity index is 4.10. The van der Waals surface area contributed by atoms with Gasteiger partial charge in [0.15, 0.2) is 0 Å². The summed E-state index contributed by atoms with van der Waals surface area (Å²) in [4.78, 5) is 0. The number of hydrogen-bond donors (Lipinski definition) is 0. The van der Waals surface area contributed by atoms with Crippen LogP contribution in [-0.4, -0.2) is 0 Å². The fraction of sp³-hybridized carbons (Fsp3) is 1.00. The molecule has 86 valence electrons. The van der Waals surface area contributed by atoms with Gasteiger partial charge in [0.25, 0.3) is 0 Å². The van der Waals surface area contributed by atoms with Crippen LogP contribution in [0.5, 0.6) is 0 Å². The van der Waals surface area contributed by atoms with Crippen LogP contribution in [-0.2, 0) is 0 Å². The summed E-state index contributed by atoms with van der Waals surface area (Å²) in [6, 6.07) is 0. The first-order valence-corrected chi connectivity index (χ1v) is 6.31. The van der Waals surface area contributed by atoms with Crippen LogP contribution in [0.3, 0.4) is 0 Å². The lowest BCUT2D eigenvalue weighted by Gasteiger charge is -2.34. The second kappa shape index (κ2) is 5.78. The molecule has 0 rings (SSSR count). The molecule has 0 heterocycles. The van der Waals surface area contributed by atoms with Gasteiger partial charge in [-0.1, -0.05) is 61.3 Å². The van der Waals surface area contributed by atoms with E-state index in [0.717, 1.165) is 17.8 Å². The van der Waals surface area contributed by atoms with Crippen molar-refractivity contribution in [1.82, 2.24) is 0 Å². The first kappa shape index (κ1) is 14.0. The summed E-state index contributed by atoms with van der Waals surface area (Å²) in [7, 11) is 0. The van der Waals surface area contributed by atoms with E-state index in [2.05, 4.69) is 48.5 Å². The van der Waals surface area contributed by atoms with E-state index < -0.39 is 0 Å². The normalized spacial score (nSPS) is 17.1. The van der Waals surface area contributed by atoms with Crippen LogP contribution in [0.2, 0.25) is 0 Å². The van der Waals surface area contributed by atoms with Gasteiger partial charge in [-0.2, -0.15) is 0 Å². The van der Waals surface area contributed by atoms with Gasteiger partial charge >= 0.3 is 0 Å². The average molecular weight is 198 g/mol. The molecule has 0 aliphatic rings. The molecule has 0 nitrogen and oxygen atoms in total. The van der Waals surface area contributed by atoms with Crippen molar-refractivity contribution < 1.29 is 0 Å². The molecule has 0 saturated carbocycles. The van der Waals surface area contributed by atoms with Gasteiger partial charge in [0, 0.05) is 0 Å². The standard InChI is InChI=1S/C14H30/c1-8-9-12(4)13(5)10-14(6,7)11(2)3/h11-13H,8-10H2,1-7H3. The lowest BCUT2D eigenvalue weighted by molar-refractivity contribution is 0.163. The van der Waals surface area contributed by atoms with Crippen LogP contribution >= 0.6 is 0 Å². The highest BCUT2D eigenvalue weighted by Gasteiger charge is 2.26. The fourth-order valence-corrected chi connectivity index (χ4v) is 2.01. The lowest BCUT2D eigenvalue weighted by atomic mass is 9.72. The third-order valence-electron chi connectivity index (χ3n) is 4.13. The van der Waals surface area contributed by atoms with E-state index in [0.29, 0.717) is 5.41 Å². The molecule has 14 heavy (non-hydrogen) atoms. The van der Waals surface area contributed by atoms with Crippen LogP contribution in [0, 0.1) is 23.2 Å². The monoisotopic (exact) mass is 198 g/mol. The van der Waals surface area contributed by atoms with Gasteiger partial charge in [-0.15, -0.1) is 0 Å². The Labute approximate surface area is 91.5 Å². The van der Waals surface area contributed by atoms with Gasteiger partial charge < -0.3 is 0 Å². The molecule has 2 atom stereocenters. The zero-order valence-corrected chi connectivity index (χ0v) is 11.4. The summed E-state index contributed by atoms with van der Waals surface area (Å²) in [5, 5.41) is 0. The van der Waals surface area contributed by atoms with E-state index in [4.69, 9.17) is 0 Å². The largest absolute Gasteiger partial charge is 0.0654 e. The molecule has 0 saturated heterocycles. The molecule has 0 aromatic heterocycles. The minimum Gasteiger partial charge on any atom is -0.0654 e. The third kappa shape index (κ3) is 4.48. The van der Waals surface area contributed by atoms with Crippen molar-refractivity contribution in [3.8, 4) is 0 Å². The number of hydrogen-bond acceptors (Lipinski definition) is 0. The van der Waals surface area contributed by atoms with Crippen molar-refractivity contribution >= 4 is 0 Å². The summed E-state index contributed by atoms with van der Waals surface area (Å²) in [6.07, 6.45) is 4.08. The first-order valence-electron chi connectivity index (χ1n) is 6.31. The molecular weight excluding hydrogens is 168 g/mol. The van der Waals surface area contributed by atoms with E-state index in [1.165, 1.54) is 19.3 Å². The minimum atomic E-state index is 0.501. The Morgan fingerprint density at radius 3 is 1.79 bits per heavy atom. The highest BCUT2D eigenvalue weighted by molar-refractivity contribution is 4.76. The molecule has 0 heteroatoms. The quantitative estimate of drug-likeness (QED) is 0.555. The summed E-state index contributed by atoms with van der Waals surface area (Å²) in [5.74, 6) is 2.55. The Kier molecular flexibility index (Phi) is 5.78. The Morgan fingerprint density at radius 1 is 0.929 bits per heavy atom. The van der Waals surface area contributed by atoms with Crippen molar-refractivity contribution in [2.75, 3.05) is 0 Å². The van der Waals surface area contributed by atoms with Gasteiger partial charge in [-0.25, -0.2) is 0 Å². The molecule has 0 aliphatic carbocycles. The highest BCUT2D eigenvalue weighted by atomic mass is 14.3. The van der Waals surface area contributed by atoms with Crippen molar-refractivity contribution in [2.45, 2.75) is 67.7 Å². The second-order valence-corrected chi connectivity index (χ2v) is 6.09. The van der Waals surface area contributed by atoms with Gasteiger partial charge in [0.1, 0.15) is 0 Å². The maximum absolute atomic E-state index is 2.42. The zero-order valence-electron chi connectivity index (χ0n) is 11.4. The zero-order chi connectivity index (χ0) is 11.4. The van der Waals surface area contributed by atoms with Crippen molar-refractivity contribution in [3.63, 3.8) is 0 Å². The van der Waals surface area contributed by atoms with E-state index >= 15 is 0 Å². The van der Waals surface area contributed by atoms with Gasteiger partial charge in [0.2, 0.25) is 0 Å². The van der Waals surface area contributed by atoms with Crippen LogP contribution in [0.1, 0.15) is 67.7 Å². The average Bonchev–Trinajstić information content (AvgIpc) is 2.03. The molecule has 2 unspecified atom stereocenters. The molecule has 0 bridgehead atoms. The molecular formula is C14H30. The van der Waals surface area contributed by atoms with E-state index in [-0.39, 0.29) is 0 Å². The molecule has 0 aromatic carbocycles. The van der Waals surface area contributed by atoms with Crippen LogP contribution in [0.4, 0.5) is 0 Å². The molecule has 0 aromatic rings.